The number of likely N-dealkylation sites (tertiary alicyclic amines) is 1. The lowest BCUT2D eigenvalue weighted by Gasteiger charge is -2.31. The molecule has 41 heavy (non-hydrogen) atoms. The van der Waals surface area contributed by atoms with E-state index in [2.05, 4.69) is 71.9 Å². The predicted octanol–water partition coefficient (Wildman–Crippen LogP) is 6.00. The van der Waals surface area contributed by atoms with E-state index in [1.807, 2.05) is 24.0 Å². The predicted molar refractivity (Wildman–Crippen MR) is 163 cm³/mol. The Morgan fingerprint density at radius 1 is 1.02 bits per heavy atom. The van der Waals surface area contributed by atoms with Crippen molar-refractivity contribution in [3.05, 3.63) is 59.7 Å². The lowest BCUT2D eigenvalue weighted by atomic mass is 9.87. The topological polar surface area (TPSA) is 90.2 Å². The van der Waals surface area contributed by atoms with Crippen LogP contribution in [0.15, 0.2) is 53.7 Å². The quantitative estimate of drug-likeness (QED) is 0.138. The van der Waals surface area contributed by atoms with Crippen LogP contribution < -0.4 is 0 Å². The molecule has 2 aromatic carbocycles. The summed E-state index contributed by atoms with van der Waals surface area (Å²) in [5, 5.41) is 10.6. The molecule has 2 aromatic heterocycles. The number of ether oxygens (including phenoxy) is 1. The average Bonchev–Trinajstić information content (AvgIpc) is 3.28. The van der Waals surface area contributed by atoms with Crippen LogP contribution in [-0.2, 0) is 26.3 Å². The standard InChI is InChI=1S/C32H39N5O3S/c1-5-40-30(39)23-16-18-36(19-17-23)27(38)11-8-20-41-31-33-29-28(34-35-31)25-9-6-7-10-26(25)37(29)21-22-12-14-24(15-13-22)32(2,3)4/h6-7,9-10,12-15,23H,5,8,11,16-21H2,1-4H3. The van der Waals surface area contributed by atoms with E-state index in [1.54, 1.807) is 0 Å². The Kier molecular flexibility index (Phi) is 8.92. The molecule has 3 heterocycles. The molecule has 0 spiro atoms. The highest BCUT2D eigenvalue weighted by molar-refractivity contribution is 7.99. The van der Waals surface area contributed by atoms with Crippen molar-refractivity contribution in [3.8, 4) is 0 Å². The van der Waals surface area contributed by atoms with E-state index in [0.29, 0.717) is 50.7 Å². The smallest absolute Gasteiger partial charge is 0.309 e. The van der Waals surface area contributed by atoms with Crippen LogP contribution in [-0.4, -0.2) is 62.0 Å². The Bertz CT molecular complexity index is 1520. The summed E-state index contributed by atoms with van der Waals surface area (Å²) in [6.45, 7) is 10.8. The number of piperidine rings is 1. The maximum Gasteiger partial charge on any atom is 0.309 e. The fraction of sp³-hybridized carbons (Fsp3) is 0.469. The molecule has 216 valence electrons. The van der Waals surface area contributed by atoms with Crippen LogP contribution in [0.2, 0.25) is 0 Å². The number of carbonyl (C=O) groups is 2. The summed E-state index contributed by atoms with van der Waals surface area (Å²) >= 11 is 1.53. The largest absolute Gasteiger partial charge is 0.466 e. The second-order valence-electron chi connectivity index (χ2n) is 11.7. The lowest BCUT2D eigenvalue weighted by Crippen LogP contribution is -2.40. The van der Waals surface area contributed by atoms with E-state index in [9.17, 15) is 9.59 Å². The van der Waals surface area contributed by atoms with Gasteiger partial charge < -0.3 is 14.2 Å². The van der Waals surface area contributed by atoms with Crippen LogP contribution >= 0.6 is 11.8 Å². The van der Waals surface area contributed by atoms with E-state index in [-0.39, 0.29) is 23.2 Å². The average molecular weight is 574 g/mol. The summed E-state index contributed by atoms with van der Waals surface area (Å²) < 4.78 is 7.35. The number of esters is 1. The zero-order valence-electron chi connectivity index (χ0n) is 24.4. The molecule has 0 unspecified atom stereocenters. The van der Waals surface area contributed by atoms with Crippen molar-refractivity contribution in [3.63, 3.8) is 0 Å². The summed E-state index contributed by atoms with van der Waals surface area (Å²) in [6.07, 6.45) is 2.55. The van der Waals surface area contributed by atoms with Crippen molar-refractivity contribution in [2.75, 3.05) is 25.4 Å². The zero-order valence-corrected chi connectivity index (χ0v) is 25.2. The maximum absolute atomic E-state index is 12.7. The van der Waals surface area contributed by atoms with E-state index in [4.69, 9.17) is 9.72 Å². The summed E-state index contributed by atoms with van der Waals surface area (Å²) in [6, 6.07) is 17.1. The Morgan fingerprint density at radius 2 is 1.76 bits per heavy atom. The normalized spacial score (nSPS) is 14.6. The third-order valence-electron chi connectivity index (χ3n) is 7.75. The third kappa shape index (κ3) is 6.72. The minimum absolute atomic E-state index is 0.0902. The first-order chi connectivity index (χ1) is 19.7. The molecular weight excluding hydrogens is 534 g/mol. The van der Waals surface area contributed by atoms with Gasteiger partial charge in [-0.25, -0.2) is 4.98 Å². The van der Waals surface area contributed by atoms with Crippen molar-refractivity contribution in [2.45, 2.75) is 70.5 Å². The summed E-state index contributed by atoms with van der Waals surface area (Å²) in [5.41, 5.74) is 5.34. The van der Waals surface area contributed by atoms with E-state index < -0.39 is 0 Å². The van der Waals surface area contributed by atoms with Crippen molar-refractivity contribution in [1.29, 1.82) is 0 Å². The summed E-state index contributed by atoms with van der Waals surface area (Å²) in [7, 11) is 0. The van der Waals surface area contributed by atoms with Crippen LogP contribution in [0.25, 0.3) is 22.1 Å². The molecule has 9 heteroatoms. The molecule has 0 radical (unpaired) electrons. The molecule has 0 N–H and O–H groups in total. The number of benzene rings is 2. The number of nitrogens with zero attached hydrogens (tertiary/aromatic N) is 5. The number of hydrogen-bond acceptors (Lipinski definition) is 7. The number of hydrogen-bond donors (Lipinski definition) is 0. The Morgan fingerprint density at radius 3 is 2.46 bits per heavy atom. The van der Waals surface area contributed by atoms with E-state index in [0.717, 1.165) is 34.2 Å². The first-order valence-corrected chi connectivity index (χ1v) is 15.5. The second-order valence-corrected chi connectivity index (χ2v) is 12.7. The first-order valence-electron chi connectivity index (χ1n) is 14.5. The van der Waals surface area contributed by atoms with Crippen LogP contribution in [0.3, 0.4) is 0 Å². The number of amides is 1. The van der Waals surface area contributed by atoms with Gasteiger partial charge in [0.05, 0.1) is 18.0 Å². The van der Waals surface area contributed by atoms with Gasteiger partial charge in [-0.05, 0) is 48.8 Å². The molecule has 8 nitrogen and oxygen atoms in total. The van der Waals surface area contributed by atoms with Crippen molar-refractivity contribution in [1.82, 2.24) is 24.6 Å². The van der Waals surface area contributed by atoms with Crippen LogP contribution in [0.5, 0.6) is 0 Å². The number of carbonyl (C=O) groups excluding carboxylic acids is 2. The van der Waals surface area contributed by atoms with Crippen LogP contribution in [0, 0.1) is 5.92 Å². The van der Waals surface area contributed by atoms with Crippen LogP contribution in [0.1, 0.15) is 64.5 Å². The van der Waals surface area contributed by atoms with Crippen molar-refractivity contribution < 1.29 is 14.3 Å². The van der Waals surface area contributed by atoms with Gasteiger partial charge in [-0.3, -0.25) is 9.59 Å². The molecule has 1 amide bonds. The van der Waals surface area contributed by atoms with Gasteiger partial charge in [-0.1, -0.05) is 75.0 Å². The van der Waals surface area contributed by atoms with Gasteiger partial charge in [0.15, 0.2) is 5.65 Å². The Hall–Kier alpha value is -3.46. The number of thioether (sulfide) groups is 1. The van der Waals surface area contributed by atoms with Gasteiger partial charge in [-0.15, -0.1) is 10.2 Å². The van der Waals surface area contributed by atoms with E-state index in [1.165, 1.54) is 22.9 Å². The minimum atomic E-state index is -0.140. The lowest BCUT2D eigenvalue weighted by molar-refractivity contribution is -0.151. The van der Waals surface area contributed by atoms with Gasteiger partial charge in [0, 0.05) is 37.2 Å². The number of aromatic nitrogens is 4. The molecular formula is C32H39N5O3S. The molecule has 1 aliphatic heterocycles. The highest BCUT2D eigenvalue weighted by Gasteiger charge is 2.28. The second kappa shape index (κ2) is 12.6. The van der Waals surface area contributed by atoms with Gasteiger partial charge in [-0.2, -0.15) is 0 Å². The minimum Gasteiger partial charge on any atom is -0.466 e. The summed E-state index contributed by atoms with van der Waals surface area (Å²) in [5.74, 6) is 0.638. The fourth-order valence-electron chi connectivity index (χ4n) is 5.37. The molecule has 5 rings (SSSR count). The molecule has 1 fully saturated rings. The molecule has 1 saturated heterocycles. The first kappa shape index (κ1) is 29.0. The number of para-hydroxylation sites is 1. The van der Waals surface area contributed by atoms with Crippen molar-refractivity contribution >= 4 is 45.7 Å². The molecule has 4 aromatic rings. The summed E-state index contributed by atoms with van der Waals surface area (Å²) in [4.78, 5) is 31.5. The van der Waals surface area contributed by atoms with E-state index >= 15 is 0 Å². The van der Waals surface area contributed by atoms with Gasteiger partial charge >= 0.3 is 5.97 Å². The van der Waals surface area contributed by atoms with Gasteiger partial charge in [0.1, 0.15) is 5.52 Å². The SMILES string of the molecule is CCOC(=O)C1CCN(C(=O)CCCSc2nnc3c4ccccc4n(Cc4ccc(C(C)(C)C)cc4)c3n2)CC1. The van der Waals surface area contributed by atoms with Crippen LogP contribution in [0.4, 0.5) is 0 Å². The fourth-order valence-corrected chi connectivity index (χ4v) is 6.09. The number of fused-ring (bicyclic) bond motifs is 3. The highest BCUT2D eigenvalue weighted by atomic mass is 32.2. The molecule has 0 aliphatic carbocycles. The highest BCUT2D eigenvalue weighted by Crippen LogP contribution is 2.29. The molecule has 1 aliphatic rings. The van der Waals surface area contributed by atoms with Gasteiger partial charge in [0.2, 0.25) is 11.1 Å². The van der Waals surface area contributed by atoms with Gasteiger partial charge in [0.25, 0.3) is 0 Å². The monoisotopic (exact) mass is 573 g/mol. The van der Waals surface area contributed by atoms with Crippen molar-refractivity contribution in [2.24, 2.45) is 5.92 Å². The number of rotatable bonds is 9. The third-order valence-corrected chi connectivity index (χ3v) is 8.67. The zero-order chi connectivity index (χ0) is 29.0. The maximum atomic E-state index is 12.7. The Balaban J connectivity index is 1.22. The molecule has 0 saturated carbocycles. The molecule has 0 atom stereocenters. The molecule has 0 bridgehead atoms. The Labute approximate surface area is 245 Å².